The molecule has 11 heteroatoms. The quantitative estimate of drug-likeness (QED) is 0.313. The van der Waals surface area contributed by atoms with Gasteiger partial charge in [-0.25, -0.2) is 9.97 Å². The van der Waals surface area contributed by atoms with Crippen LogP contribution in [-0.2, 0) is 11.3 Å². The molecule has 2 aromatic heterocycles. The largest absolute Gasteiger partial charge is 0.484 e. The van der Waals surface area contributed by atoms with Crippen molar-refractivity contribution in [3.05, 3.63) is 59.2 Å². The molecule has 1 fully saturated rings. The summed E-state index contributed by atoms with van der Waals surface area (Å²) in [4.78, 5) is 26.3. The highest BCUT2D eigenvalue weighted by molar-refractivity contribution is 6.34. The number of anilines is 1. The molecule has 2 aliphatic heterocycles. The molecule has 0 unspecified atom stereocenters. The summed E-state index contributed by atoms with van der Waals surface area (Å²) in [6, 6.07) is 13.7. The highest BCUT2D eigenvalue weighted by atomic mass is 35.5. The number of ether oxygens (including phenoxy) is 3. The van der Waals surface area contributed by atoms with Crippen molar-refractivity contribution in [2.45, 2.75) is 19.0 Å². The number of halogens is 1. The number of carbonyl (C=O) groups excluding carboxylic acids is 1. The Morgan fingerprint density at radius 3 is 2.89 bits per heavy atom. The van der Waals surface area contributed by atoms with Crippen LogP contribution < -0.4 is 24.8 Å². The van der Waals surface area contributed by atoms with Gasteiger partial charge in [0.05, 0.1) is 16.9 Å². The number of imidazole rings is 1. The second kappa shape index (κ2) is 10.4. The summed E-state index contributed by atoms with van der Waals surface area (Å²) in [6.45, 7) is 2.94. The van der Waals surface area contributed by atoms with Crippen LogP contribution in [0.3, 0.4) is 0 Å². The Morgan fingerprint density at radius 2 is 2.05 bits per heavy atom. The first-order chi connectivity index (χ1) is 18.6. The molecule has 4 heterocycles. The highest BCUT2D eigenvalue weighted by Gasteiger charge is 2.25. The second-order valence-electron chi connectivity index (χ2n) is 9.30. The van der Waals surface area contributed by atoms with E-state index in [1.54, 1.807) is 25.4 Å². The maximum atomic E-state index is 11.4. The van der Waals surface area contributed by atoms with Crippen LogP contribution in [0.15, 0.2) is 48.7 Å². The van der Waals surface area contributed by atoms with Gasteiger partial charge in [0.1, 0.15) is 17.1 Å². The van der Waals surface area contributed by atoms with Gasteiger partial charge in [-0.1, -0.05) is 17.7 Å². The molecule has 1 saturated heterocycles. The lowest BCUT2D eigenvalue weighted by atomic mass is 10.2. The van der Waals surface area contributed by atoms with Crippen LogP contribution in [0.4, 0.5) is 5.69 Å². The number of hydrogen-bond donors (Lipinski definition) is 3. The molecule has 0 bridgehead atoms. The molecular formula is C27H27ClN6O4. The minimum absolute atomic E-state index is 0.0345. The van der Waals surface area contributed by atoms with Crippen LogP contribution in [-0.4, -0.2) is 65.3 Å². The van der Waals surface area contributed by atoms with E-state index in [1.807, 2.05) is 18.2 Å². The van der Waals surface area contributed by atoms with Gasteiger partial charge in [-0.2, -0.15) is 0 Å². The summed E-state index contributed by atoms with van der Waals surface area (Å²) < 4.78 is 16.4. The summed E-state index contributed by atoms with van der Waals surface area (Å²) in [7, 11) is 1.57. The van der Waals surface area contributed by atoms with E-state index in [0.29, 0.717) is 22.2 Å². The van der Waals surface area contributed by atoms with Crippen molar-refractivity contribution in [1.29, 1.82) is 0 Å². The first-order valence-corrected chi connectivity index (χ1v) is 12.8. The molecule has 38 heavy (non-hydrogen) atoms. The van der Waals surface area contributed by atoms with Crippen LogP contribution in [0.1, 0.15) is 12.0 Å². The van der Waals surface area contributed by atoms with Gasteiger partial charge in [-0.15, -0.1) is 0 Å². The zero-order chi connectivity index (χ0) is 26.1. The summed E-state index contributed by atoms with van der Waals surface area (Å²) in [5.41, 5.74) is 4.22. The molecule has 4 aromatic rings. The average Bonchev–Trinajstić information content (AvgIpc) is 3.69. The fraction of sp³-hybridized carbons (Fsp3) is 0.296. The molecule has 2 aromatic carbocycles. The van der Waals surface area contributed by atoms with E-state index >= 15 is 0 Å². The Morgan fingerprint density at radius 1 is 1.21 bits per heavy atom. The van der Waals surface area contributed by atoms with E-state index in [9.17, 15) is 4.79 Å². The van der Waals surface area contributed by atoms with Gasteiger partial charge in [0.2, 0.25) is 6.79 Å². The normalized spacial score (nSPS) is 16.6. The minimum Gasteiger partial charge on any atom is -0.484 e. The number of hydrogen-bond acceptors (Lipinski definition) is 8. The molecule has 0 aliphatic carbocycles. The number of benzene rings is 2. The number of aromatic nitrogens is 3. The average molecular weight is 535 g/mol. The number of aromatic amines is 1. The predicted octanol–water partition coefficient (Wildman–Crippen LogP) is 3.82. The monoisotopic (exact) mass is 534 g/mol. The molecule has 0 radical (unpaired) electrons. The van der Waals surface area contributed by atoms with Crippen molar-refractivity contribution < 1.29 is 19.0 Å². The lowest BCUT2D eigenvalue weighted by Gasteiger charge is -2.18. The summed E-state index contributed by atoms with van der Waals surface area (Å²) in [5, 5.41) is 6.70. The van der Waals surface area contributed by atoms with Gasteiger partial charge >= 0.3 is 0 Å². The van der Waals surface area contributed by atoms with Crippen molar-refractivity contribution in [3.8, 4) is 28.6 Å². The zero-order valence-electron chi connectivity index (χ0n) is 20.8. The van der Waals surface area contributed by atoms with Crippen molar-refractivity contribution in [2.24, 2.45) is 0 Å². The van der Waals surface area contributed by atoms with E-state index < -0.39 is 0 Å². The summed E-state index contributed by atoms with van der Waals surface area (Å²) in [5.74, 6) is 2.70. The van der Waals surface area contributed by atoms with Crippen molar-refractivity contribution in [1.82, 2.24) is 25.2 Å². The van der Waals surface area contributed by atoms with Crippen LogP contribution in [0.5, 0.6) is 17.2 Å². The lowest BCUT2D eigenvalue weighted by molar-refractivity contribution is -0.122. The Kier molecular flexibility index (Phi) is 6.65. The highest BCUT2D eigenvalue weighted by Crippen LogP contribution is 2.34. The second-order valence-corrected chi connectivity index (χ2v) is 9.71. The SMILES string of the molecule is CNC(=O)COc1ccc(-c2nc3ncc(Cl)c(N[C@H]4CCN(Cc5ccc6c(c5)OCO6)C4)c3[nH]2)cc1. The number of H-pyrrole nitrogens is 1. The van der Waals surface area contributed by atoms with E-state index in [-0.39, 0.29) is 25.3 Å². The van der Waals surface area contributed by atoms with Gasteiger partial charge < -0.3 is 29.8 Å². The van der Waals surface area contributed by atoms with E-state index in [2.05, 4.69) is 42.6 Å². The van der Waals surface area contributed by atoms with Gasteiger partial charge in [-0.05, 0) is 48.4 Å². The van der Waals surface area contributed by atoms with Crippen LogP contribution in [0.2, 0.25) is 5.02 Å². The molecule has 0 saturated carbocycles. The van der Waals surface area contributed by atoms with Gasteiger partial charge in [-0.3, -0.25) is 9.69 Å². The van der Waals surface area contributed by atoms with E-state index in [0.717, 1.165) is 54.3 Å². The Balaban J connectivity index is 1.14. The number of carbonyl (C=O) groups is 1. The molecule has 6 rings (SSSR count). The molecule has 1 amide bonds. The molecule has 0 spiro atoms. The maximum absolute atomic E-state index is 11.4. The Bertz CT molecular complexity index is 1470. The van der Waals surface area contributed by atoms with Crippen molar-refractivity contribution >= 4 is 34.4 Å². The van der Waals surface area contributed by atoms with Crippen molar-refractivity contribution in [3.63, 3.8) is 0 Å². The molecule has 10 nitrogen and oxygen atoms in total. The van der Waals surface area contributed by atoms with Crippen molar-refractivity contribution in [2.75, 3.05) is 38.9 Å². The number of nitrogens with one attached hydrogen (secondary N) is 3. The molecular weight excluding hydrogens is 508 g/mol. The number of fused-ring (bicyclic) bond motifs is 2. The molecule has 3 N–H and O–H groups in total. The van der Waals surface area contributed by atoms with Gasteiger partial charge in [0.15, 0.2) is 23.8 Å². The smallest absolute Gasteiger partial charge is 0.257 e. The fourth-order valence-electron chi connectivity index (χ4n) is 4.74. The maximum Gasteiger partial charge on any atom is 0.257 e. The number of likely N-dealkylation sites (tertiary alicyclic amines) is 1. The van der Waals surface area contributed by atoms with E-state index in [4.69, 9.17) is 25.8 Å². The third kappa shape index (κ3) is 5.05. The Hall–Kier alpha value is -4.02. The fourth-order valence-corrected chi connectivity index (χ4v) is 4.94. The topological polar surface area (TPSA) is 114 Å². The summed E-state index contributed by atoms with van der Waals surface area (Å²) >= 11 is 6.59. The van der Waals surface area contributed by atoms with Crippen LogP contribution in [0.25, 0.3) is 22.6 Å². The molecule has 2 aliphatic rings. The number of nitrogens with zero attached hydrogens (tertiary/aromatic N) is 3. The summed E-state index contributed by atoms with van der Waals surface area (Å²) in [6.07, 6.45) is 2.62. The van der Waals surface area contributed by atoms with Gasteiger partial charge in [0.25, 0.3) is 5.91 Å². The third-order valence-electron chi connectivity index (χ3n) is 6.71. The first-order valence-electron chi connectivity index (χ1n) is 12.4. The Labute approximate surface area is 224 Å². The van der Waals surface area contributed by atoms with Crippen LogP contribution >= 0.6 is 11.6 Å². The van der Waals surface area contributed by atoms with Crippen LogP contribution in [0, 0.1) is 0 Å². The molecule has 196 valence electrons. The number of likely N-dealkylation sites (N-methyl/N-ethyl adjacent to an activating group) is 1. The number of pyridine rings is 1. The molecule has 1 atom stereocenters. The first kappa shape index (κ1) is 24.3. The number of amides is 1. The third-order valence-corrected chi connectivity index (χ3v) is 7.00. The van der Waals surface area contributed by atoms with E-state index in [1.165, 1.54) is 5.56 Å². The number of rotatable bonds is 8. The minimum atomic E-state index is -0.187. The predicted molar refractivity (Wildman–Crippen MR) is 144 cm³/mol. The standard InChI is InChI=1S/C27H27ClN6O4/c1-29-23(35)14-36-19-5-3-17(4-6-19)26-32-25-24(20(28)11-30-27(25)33-26)31-18-8-9-34(13-18)12-16-2-7-21-22(10-16)38-15-37-21/h2-7,10-11,18H,8-9,12-15H2,1H3,(H,29,35)(H2,30,31,32,33)/t18-/m0/s1. The lowest BCUT2D eigenvalue weighted by Crippen LogP contribution is -2.26. The zero-order valence-corrected chi connectivity index (χ0v) is 21.5. The van der Waals surface area contributed by atoms with Gasteiger partial charge in [0, 0.05) is 38.3 Å².